The van der Waals surface area contributed by atoms with Gasteiger partial charge in [-0.1, -0.05) is 30.8 Å². The number of aromatic nitrogens is 1. The molecule has 1 unspecified atom stereocenters. The van der Waals surface area contributed by atoms with Gasteiger partial charge in [0.2, 0.25) is 5.91 Å². The van der Waals surface area contributed by atoms with Crippen molar-refractivity contribution >= 4 is 28.6 Å². The van der Waals surface area contributed by atoms with Crippen LogP contribution < -0.4 is 5.32 Å². The summed E-state index contributed by atoms with van der Waals surface area (Å²) < 4.78 is 0. The number of nitrogens with one attached hydrogen (secondary N) is 1. The lowest BCUT2D eigenvalue weighted by molar-refractivity contribution is -0.119. The summed E-state index contributed by atoms with van der Waals surface area (Å²) in [6.07, 6.45) is 0.896. The smallest absolute Gasteiger partial charge is 0.230 e. The number of nitriles is 1. The van der Waals surface area contributed by atoms with Crippen molar-refractivity contribution in [3.8, 4) is 6.07 Å². The van der Waals surface area contributed by atoms with Crippen LogP contribution in [0.15, 0.2) is 29.3 Å². The summed E-state index contributed by atoms with van der Waals surface area (Å²) >= 11 is 1.31. The standard InChI is InChI=1S/C17H19N3OS/c1-4-12(3)19-16(21)10-22-17-14(9-18)8-13-6-5-11(2)7-15(13)20-17/h5-8,12H,4,10H2,1-3H3,(H,19,21). The van der Waals surface area contributed by atoms with Gasteiger partial charge in [-0.2, -0.15) is 5.26 Å². The number of hydrogen-bond acceptors (Lipinski definition) is 4. The highest BCUT2D eigenvalue weighted by atomic mass is 32.2. The summed E-state index contributed by atoms with van der Waals surface area (Å²) in [5.74, 6) is 0.234. The predicted molar refractivity (Wildman–Crippen MR) is 89.8 cm³/mol. The maximum absolute atomic E-state index is 11.9. The Morgan fingerprint density at radius 1 is 1.45 bits per heavy atom. The summed E-state index contributed by atoms with van der Waals surface area (Å²) in [6, 6.07) is 10.1. The summed E-state index contributed by atoms with van der Waals surface area (Å²) in [6.45, 7) is 6.01. The number of carbonyl (C=O) groups excluding carboxylic acids is 1. The number of pyridine rings is 1. The lowest BCUT2D eigenvalue weighted by Crippen LogP contribution is -2.33. The van der Waals surface area contributed by atoms with E-state index >= 15 is 0 Å². The highest BCUT2D eigenvalue weighted by Gasteiger charge is 2.11. The quantitative estimate of drug-likeness (QED) is 0.859. The summed E-state index contributed by atoms with van der Waals surface area (Å²) in [5.41, 5.74) is 2.48. The zero-order chi connectivity index (χ0) is 16.1. The van der Waals surface area contributed by atoms with Crippen LogP contribution in [0.25, 0.3) is 10.9 Å². The number of fused-ring (bicyclic) bond motifs is 1. The first-order chi connectivity index (χ1) is 10.5. The van der Waals surface area contributed by atoms with Gasteiger partial charge in [0.1, 0.15) is 11.1 Å². The monoisotopic (exact) mass is 313 g/mol. The van der Waals surface area contributed by atoms with E-state index in [-0.39, 0.29) is 17.7 Å². The lowest BCUT2D eigenvalue weighted by atomic mass is 10.1. The number of amides is 1. The molecule has 5 heteroatoms. The van der Waals surface area contributed by atoms with E-state index < -0.39 is 0 Å². The molecule has 114 valence electrons. The zero-order valence-electron chi connectivity index (χ0n) is 13.0. The minimum Gasteiger partial charge on any atom is -0.353 e. The molecule has 0 aliphatic rings. The average Bonchev–Trinajstić information content (AvgIpc) is 2.51. The highest BCUT2D eigenvalue weighted by Crippen LogP contribution is 2.25. The van der Waals surface area contributed by atoms with Gasteiger partial charge in [-0.05, 0) is 38.0 Å². The molecule has 4 nitrogen and oxygen atoms in total. The lowest BCUT2D eigenvalue weighted by Gasteiger charge is -2.11. The van der Waals surface area contributed by atoms with Gasteiger partial charge in [-0.3, -0.25) is 4.79 Å². The van der Waals surface area contributed by atoms with Crippen molar-refractivity contribution in [3.63, 3.8) is 0 Å². The van der Waals surface area contributed by atoms with Crippen molar-refractivity contribution in [2.45, 2.75) is 38.3 Å². The van der Waals surface area contributed by atoms with Crippen LogP contribution in [0, 0.1) is 18.3 Å². The van der Waals surface area contributed by atoms with Gasteiger partial charge in [0.05, 0.1) is 16.8 Å². The van der Waals surface area contributed by atoms with Crippen molar-refractivity contribution < 1.29 is 4.79 Å². The molecule has 0 saturated carbocycles. The minimum atomic E-state index is -0.0330. The second kappa shape index (κ2) is 7.28. The molecule has 2 aromatic rings. The van der Waals surface area contributed by atoms with Gasteiger partial charge >= 0.3 is 0 Å². The van der Waals surface area contributed by atoms with Gasteiger partial charge < -0.3 is 5.32 Å². The molecule has 0 fully saturated rings. The number of rotatable bonds is 5. The number of nitrogens with zero attached hydrogens (tertiary/aromatic N) is 2. The van der Waals surface area contributed by atoms with E-state index in [1.54, 1.807) is 0 Å². The Labute approximate surface area is 134 Å². The maximum Gasteiger partial charge on any atom is 0.230 e. The summed E-state index contributed by atoms with van der Waals surface area (Å²) in [5, 5.41) is 13.7. The number of thioether (sulfide) groups is 1. The fourth-order valence-corrected chi connectivity index (χ4v) is 2.78. The largest absolute Gasteiger partial charge is 0.353 e. The molecule has 0 radical (unpaired) electrons. The highest BCUT2D eigenvalue weighted by molar-refractivity contribution is 8.00. The summed E-state index contributed by atoms with van der Waals surface area (Å²) in [4.78, 5) is 16.4. The molecule has 22 heavy (non-hydrogen) atoms. The second-order valence-electron chi connectivity index (χ2n) is 5.31. The van der Waals surface area contributed by atoms with Crippen LogP contribution in [-0.2, 0) is 4.79 Å². The molecule has 1 aromatic heterocycles. The van der Waals surface area contributed by atoms with E-state index in [4.69, 9.17) is 0 Å². The second-order valence-corrected chi connectivity index (χ2v) is 6.28. The van der Waals surface area contributed by atoms with Crippen molar-refractivity contribution in [1.29, 1.82) is 5.26 Å². The molecule has 1 N–H and O–H groups in total. The van der Waals surface area contributed by atoms with Crippen molar-refractivity contribution in [2.75, 3.05) is 5.75 Å². The molecule has 2 rings (SSSR count). The first-order valence-electron chi connectivity index (χ1n) is 7.27. The predicted octanol–water partition coefficient (Wildman–Crippen LogP) is 3.42. The van der Waals surface area contributed by atoms with Crippen molar-refractivity contribution in [1.82, 2.24) is 10.3 Å². The Morgan fingerprint density at radius 3 is 2.91 bits per heavy atom. The molecule has 0 aliphatic heterocycles. The fraction of sp³-hybridized carbons (Fsp3) is 0.353. The first-order valence-corrected chi connectivity index (χ1v) is 8.25. The Bertz CT molecular complexity index is 736. The normalized spacial score (nSPS) is 11.9. The Morgan fingerprint density at radius 2 is 2.23 bits per heavy atom. The van der Waals surface area contributed by atoms with E-state index in [1.807, 2.05) is 45.0 Å². The zero-order valence-corrected chi connectivity index (χ0v) is 13.8. The molecule has 0 spiro atoms. The molecule has 1 amide bonds. The van der Waals surface area contributed by atoms with E-state index in [0.717, 1.165) is 22.9 Å². The molecule has 0 aliphatic carbocycles. The molecule has 0 bridgehead atoms. The van der Waals surface area contributed by atoms with Crippen LogP contribution >= 0.6 is 11.8 Å². The van der Waals surface area contributed by atoms with Gasteiger partial charge in [0, 0.05) is 11.4 Å². The SMILES string of the molecule is CCC(C)NC(=O)CSc1nc2cc(C)ccc2cc1C#N. The Hall–Kier alpha value is -2.06. The third-order valence-electron chi connectivity index (χ3n) is 3.42. The van der Waals surface area contributed by atoms with Gasteiger partial charge in [-0.25, -0.2) is 4.98 Å². The Balaban J connectivity index is 2.19. The fourth-order valence-electron chi connectivity index (χ4n) is 2.00. The van der Waals surface area contributed by atoms with Crippen LogP contribution in [0.1, 0.15) is 31.4 Å². The van der Waals surface area contributed by atoms with Crippen LogP contribution in [0.4, 0.5) is 0 Å². The molecule has 1 atom stereocenters. The topological polar surface area (TPSA) is 65.8 Å². The third kappa shape index (κ3) is 3.99. The number of carbonyl (C=O) groups is 1. The van der Waals surface area contributed by atoms with Crippen molar-refractivity contribution in [2.24, 2.45) is 0 Å². The molecular weight excluding hydrogens is 294 g/mol. The van der Waals surface area contributed by atoms with Gasteiger partial charge in [-0.15, -0.1) is 0 Å². The maximum atomic E-state index is 11.9. The van der Waals surface area contributed by atoms with E-state index in [1.165, 1.54) is 11.8 Å². The van der Waals surface area contributed by atoms with Crippen LogP contribution in [0.5, 0.6) is 0 Å². The number of aryl methyl sites for hydroxylation is 1. The van der Waals surface area contributed by atoms with Gasteiger partial charge in [0.25, 0.3) is 0 Å². The van der Waals surface area contributed by atoms with Crippen LogP contribution in [-0.4, -0.2) is 22.7 Å². The van der Waals surface area contributed by atoms with Crippen LogP contribution in [0.3, 0.4) is 0 Å². The molecule has 1 aromatic carbocycles. The minimum absolute atomic E-state index is 0.0330. The van der Waals surface area contributed by atoms with Crippen molar-refractivity contribution in [3.05, 3.63) is 35.4 Å². The number of hydrogen-bond donors (Lipinski definition) is 1. The van der Waals surface area contributed by atoms with E-state index in [9.17, 15) is 10.1 Å². The van der Waals surface area contributed by atoms with Gasteiger partial charge in [0.15, 0.2) is 0 Å². The number of benzene rings is 1. The van der Waals surface area contributed by atoms with E-state index in [2.05, 4.69) is 16.4 Å². The molecule has 1 heterocycles. The Kier molecular flexibility index (Phi) is 5.40. The first kappa shape index (κ1) is 16.3. The third-order valence-corrected chi connectivity index (χ3v) is 4.41. The summed E-state index contributed by atoms with van der Waals surface area (Å²) in [7, 11) is 0. The van der Waals surface area contributed by atoms with E-state index in [0.29, 0.717) is 10.6 Å². The average molecular weight is 313 g/mol. The molecular formula is C17H19N3OS. The van der Waals surface area contributed by atoms with Crippen LogP contribution in [0.2, 0.25) is 0 Å². The molecule has 0 saturated heterocycles.